The molecule has 0 radical (unpaired) electrons. The van der Waals surface area contributed by atoms with Crippen LogP contribution in [0.15, 0.2) is 22.9 Å². The molecule has 0 N–H and O–H groups in total. The van der Waals surface area contributed by atoms with E-state index in [0.29, 0.717) is 0 Å². The van der Waals surface area contributed by atoms with Gasteiger partial charge in [-0.1, -0.05) is 6.07 Å². The third-order valence-corrected chi connectivity index (χ3v) is 4.57. The maximum atomic E-state index is 9.07. The van der Waals surface area contributed by atoms with Gasteiger partial charge in [-0.3, -0.25) is 0 Å². The summed E-state index contributed by atoms with van der Waals surface area (Å²) in [7, 11) is 0. The van der Waals surface area contributed by atoms with Gasteiger partial charge in [0.15, 0.2) is 0 Å². The zero-order chi connectivity index (χ0) is 10.3. The Morgan fingerprint density at radius 2 is 2.27 bits per heavy atom. The van der Waals surface area contributed by atoms with Gasteiger partial charge in [-0.05, 0) is 24.3 Å². The molecule has 0 bridgehead atoms. The molecule has 2 aromatic heterocycles. The fraction of sp³-hybridized carbons (Fsp3) is 0.273. The van der Waals surface area contributed by atoms with Crippen LogP contribution in [0.25, 0.3) is 9.88 Å². The second kappa shape index (κ2) is 3.16. The fourth-order valence-electron chi connectivity index (χ4n) is 1.56. The Hall–Kier alpha value is -1.18. The molecule has 1 fully saturated rings. The Bertz CT molecular complexity index is 515. The van der Waals surface area contributed by atoms with E-state index in [2.05, 4.69) is 17.1 Å². The molecule has 0 saturated heterocycles. The number of nitrogens with zero attached hydrogens (tertiary/aromatic N) is 2. The SMILES string of the molecule is N#CC1(c2csc(-c3cccs3)n2)CC1. The van der Waals surface area contributed by atoms with Crippen molar-refractivity contribution in [2.75, 3.05) is 0 Å². The molecule has 0 amide bonds. The van der Waals surface area contributed by atoms with Crippen molar-refractivity contribution in [2.24, 2.45) is 0 Å². The maximum absolute atomic E-state index is 9.07. The molecule has 2 nitrogen and oxygen atoms in total. The van der Waals surface area contributed by atoms with E-state index >= 15 is 0 Å². The second-order valence-corrected chi connectivity index (χ2v) is 5.51. The zero-order valence-electron chi connectivity index (χ0n) is 7.93. The van der Waals surface area contributed by atoms with E-state index in [1.807, 2.05) is 16.8 Å². The molecule has 2 heterocycles. The lowest BCUT2D eigenvalue weighted by atomic mass is 10.1. The van der Waals surface area contributed by atoms with Crippen molar-refractivity contribution in [2.45, 2.75) is 18.3 Å². The number of nitriles is 1. The Labute approximate surface area is 95.8 Å². The Balaban J connectivity index is 1.99. The Kier molecular flexibility index (Phi) is 1.91. The van der Waals surface area contributed by atoms with E-state index in [1.165, 1.54) is 4.88 Å². The van der Waals surface area contributed by atoms with Gasteiger partial charge < -0.3 is 0 Å². The maximum Gasteiger partial charge on any atom is 0.133 e. The van der Waals surface area contributed by atoms with Gasteiger partial charge in [-0.25, -0.2) is 4.98 Å². The summed E-state index contributed by atoms with van der Waals surface area (Å²) in [5.41, 5.74) is 0.727. The number of thiazole rings is 1. The van der Waals surface area contributed by atoms with Crippen molar-refractivity contribution < 1.29 is 0 Å². The van der Waals surface area contributed by atoms with Crippen molar-refractivity contribution in [1.82, 2.24) is 4.98 Å². The summed E-state index contributed by atoms with van der Waals surface area (Å²) < 4.78 is 0. The van der Waals surface area contributed by atoms with Crippen molar-refractivity contribution >= 4 is 22.7 Å². The summed E-state index contributed by atoms with van der Waals surface area (Å²) >= 11 is 3.33. The molecule has 1 aliphatic rings. The smallest absolute Gasteiger partial charge is 0.133 e. The standard InChI is InChI=1S/C11H8N2S2/c12-7-11(3-4-11)9-6-15-10(13-9)8-2-1-5-14-8/h1-2,5-6H,3-4H2. The first-order valence-corrected chi connectivity index (χ1v) is 6.51. The van der Waals surface area contributed by atoms with Crippen LogP contribution in [0.2, 0.25) is 0 Å². The lowest BCUT2D eigenvalue weighted by molar-refractivity contribution is 0.869. The van der Waals surface area contributed by atoms with Crippen molar-refractivity contribution in [3.05, 3.63) is 28.6 Å². The number of thiophene rings is 1. The van der Waals surface area contributed by atoms with Crippen LogP contribution in [0.4, 0.5) is 0 Å². The number of hydrogen-bond acceptors (Lipinski definition) is 4. The fourth-order valence-corrected chi connectivity index (χ4v) is 3.29. The Morgan fingerprint density at radius 1 is 1.40 bits per heavy atom. The molecule has 1 saturated carbocycles. The predicted octanol–water partition coefficient (Wildman–Crippen LogP) is 3.43. The van der Waals surface area contributed by atoms with Gasteiger partial charge in [-0.2, -0.15) is 5.26 Å². The summed E-state index contributed by atoms with van der Waals surface area (Å²) in [6.07, 6.45) is 1.94. The lowest BCUT2D eigenvalue weighted by Gasteiger charge is -1.97. The summed E-state index contributed by atoms with van der Waals surface area (Å²) in [5.74, 6) is 0. The van der Waals surface area contributed by atoms with Gasteiger partial charge in [0.05, 0.1) is 16.6 Å². The first-order chi connectivity index (χ1) is 7.34. The van der Waals surface area contributed by atoms with Gasteiger partial charge in [0, 0.05) is 5.38 Å². The van der Waals surface area contributed by atoms with Crippen LogP contribution < -0.4 is 0 Å². The molecule has 4 heteroatoms. The largest absolute Gasteiger partial charge is 0.239 e. The molecular formula is C11H8N2S2. The predicted molar refractivity (Wildman–Crippen MR) is 62.0 cm³/mol. The monoisotopic (exact) mass is 232 g/mol. The molecule has 0 atom stereocenters. The van der Waals surface area contributed by atoms with Crippen LogP contribution in [-0.2, 0) is 5.41 Å². The van der Waals surface area contributed by atoms with Crippen LogP contribution >= 0.6 is 22.7 Å². The van der Waals surface area contributed by atoms with Crippen molar-refractivity contribution in [3.8, 4) is 16.0 Å². The Morgan fingerprint density at radius 3 is 2.87 bits per heavy atom. The molecule has 1 aliphatic carbocycles. The third kappa shape index (κ3) is 1.39. The number of rotatable bonds is 2. The summed E-state index contributed by atoms with van der Waals surface area (Å²) in [6.45, 7) is 0. The van der Waals surface area contributed by atoms with Gasteiger partial charge >= 0.3 is 0 Å². The van der Waals surface area contributed by atoms with E-state index in [1.54, 1.807) is 22.7 Å². The molecule has 2 aromatic rings. The normalized spacial score (nSPS) is 17.3. The number of aromatic nitrogens is 1. The minimum absolute atomic E-state index is 0.244. The van der Waals surface area contributed by atoms with E-state index in [9.17, 15) is 0 Å². The molecule has 0 aromatic carbocycles. The van der Waals surface area contributed by atoms with Crippen molar-refractivity contribution in [3.63, 3.8) is 0 Å². The second-order valence-electron chi connectivity index (χ2n) is 3.71. The minimum atomic E-state index is -0.244. The van der Waals surface area contributed by atoms with Crippen LogP contribution in [0.3, 0.4) is 0 Å². The molecule has 15 heavy (non-hydrogen) atoms. The van der Waals surface area contributed by atoms with Crippen molar-refractivity contribution in [1.29, 1.82) is 5.26 Å². The van der Waals surface area contributed by atoms with Gasteiger partial charge in [0.25, 0.3) is 0 Å². The van der Waals surface area contributed by atoms with E-state index in [-0.39, 0.29) is 5.41 Å². The average Bonchev–Trinajstić information content (AvgIpc) is 2.74. The highest BCUT2D eigenvalue weighted by Gasteiger charge is 2.47. The summed E-state index contributed by atoms with van der Waals surface area (Å²) in [5, 5.41) is 14.2. The highest BCUT2D eigenvalue weighted by Crippen LogP contribution is 2.48. The lowest BCUT2D eigenvalue weighted by Crippen LogP contribution is -2.02. The van der Waals surface area contributed by atoms with Crippen LogP contribution in [0.1, 0.15) is 18.5 Å². The van der Waals surface area contributed by atoms with E-state index < -0.39 is 0 Å². The quantitative estimate of drug-likeness (QED) is 0.795. The van der Waals surface area contributed by atoms with E-state index in [4.69, 9.17) is 5.26 Å². The number of hydrogen-bond donors (Lipinski definition) is 0. The molecule has 0 aliphatic heterocycles. The molecule has 0 spiro atoms. The highest BCUT2D eigenvalue weighted by molar-refractivity contribution is 7.20. The molecule has 3 rings (SSSR count). The zero-order valence-corrected chi connectivity index (χ0v) is 9.57. The third-order valence-electron chi connectivity index (χ3n) is 2.69. The van der Waals surface area contributed by atoms with Gasteiger partial charge in [-0.15, -0.1) is 22.7 Å². The van der Waals surface area contributed by atoms with Crippen LogP contribution in [0.5, 0.6) is 0 Å². The first kappa shape index (κ1) is 9.08. The van der Waals surface area contributed by atoms with Gasteiger partial charge in [0.2, 0.25) is 0 Å². The average molecular weight is 232 g/mol. The topological polar surface area (TPSA) is 36.7 Å². The summed E-state index contributed by atoms with van der Waals surface area (Å²) in [6, 6.07) is 6.47. The molecule has 0 unspecified atom stereocenters. The minimum Gasteiger partial charge on any atom is -0.239 e. The van der Waals surface area contributed by atoms with Crippen LogP contribution in [-0.4, -0.2) is 4.98 Å². The summed E-state index contributed by atoms with van der Waals surface area (Å²) in [4.78, 5) is 5.76. The molecular weight excluding hydrogens is 224 g/mol. The van der Waals surface area contributed by atoms with Crippen LogP contribution in [0, 0.1) is 11.3 Å². The first-order valence-electron chi connectivity index (χ1n) is 4.75. The van der Waals surface area contributed by atoms with Gasteiger partial charge in [0.1, 0.15) is 10.4 Å². The molecule has 74 valence electrons. The highest BCUT2D eigenvalue weighted by atomic mass is 32.1. The van der Waals surface area contributed by atoms with E-state index in [0.717, 1.165) is 23.5 Å².